The predicted octanol–water partition coefficient (Wildman–Crippen LogP) is 3.44. The number of nitrogens with two attached hydrogens (primary N) is 1. The molecule has 3 aromatic rings. The molecule has 0 amide bonds. The van der Waals surface area contributed by atoms with Gasteiger partial charge in [0.05, 0.1) is 5.02 Å². The number of pyridine rings is 2. The molecule has 0 bridgehead atoms. The average Bonchev–Trinajstić information content (AvgIpc) is 2.49. The summed E-state index contributed by atoms with van der Waals surface area (Å²) in [5.41, 5.74) is 7.24. The van der Waals surface area contributed by atoms with E-state index in [2.05, 4.69) is 9.97 Å². The maximum absolute atomic E-state index is 6.14. The molecule has 100 valence electrons. The summed E-state index contributed by atoms with van der Waals surface area (Å²) in [5.74, 6) is 1.19. The van der Waals surface area contributed by atoms with Crippen LogP contribution >= 0.6 is 11.6 Å². The summed E-state index contributed by atoms with van der Waals surface area (Å²) in [6, 6.07) is 11.0. The van der Waals surface area contributed by atoms with Gasteiger partial charge < -0.3 is 10.5 Å². The highest BCUT2D eigenvalue weighted by molar-refractivity contribution is 6.35. The quantitative estimate of drug-likeness (QED) is 0.801. The number of hydrogen-bond donors (Lipinski definition) is 1. The van der Waals surface area contributed by atoms with Crippen LogP contribution in [-0.2, 0) is 6.61 Å². The Morgan fingerprint density at radius 3 is 2.80 bits per heavy atom. The molecule has 0 atom stereocenters. The number of ether oxygens (including phenoxy) is 1. The Labute approximate surface area is 121 Å². The molecule has 0 radical (unpaired) electrons. The first-order valence-electron chi connectivity index (χ1n) is 6.10. The molecule has 0 aliphatic heterocycles. The second-order valence-corrected chi connectivity index (χ2v) is 4.73. The lowest BCUT2D eigenvalue weighted by atomic mass is 10.2. The number of rotatable bonds is 3. The van der Waals surface area contributed by atoms with Gasteiger partial charge in [0.15, 0.2) is 0 Å². The highest BCUT2D eigenvalue weighted by Gasteiger charge is 2.07. The van der Waals surface area contributed by atoms with Gasteiger partial charge in [0.25, 0.3) is 0 Å². The summed E-state index contributed by atoms with van der Waals surface area (Å²) >= 11 is 6.14. The van der Waals surface area contributed by atoms with Crippen molar-refractivity contribution in [1.29, 1.82) is 0 Å². The Kier molecular flexibility index (Phi) is 3.39. The maximum Gasteiger partial charge on any atom is 0.146 e. The third-order valence-corrected chi connectivity index (χ3v) is 3.25. The van der Waals surface area contributed by atoms with Gasteiger partial charge in [-0.05, 0) is 30.3 Å². The lowest BCUT2D eigenvalue weighted by molar-refractivity contribution is 0.309. The largest absolute Gasteiger partial charge is 0.487 e. The summed E-state index contributed by atoms with van der Waals surface area (Å²) in [6.45, 7) is 0.403. The summed E-state index contributed by atoms with van der Waals surface area (Å²) in [4.78, 5) is 8.35. The van der Waals surface area contributed by atoms with Gasteiger partial charge >= 0.3 is 0 Å². The number of benzene rings is 1. The molecule has 2 aromatic heterocycles. The third kappa shape index (κ3) is 2.51. The first-order valence-corrected chi connectivity index (χ1v) is 6.48. The summed E-state index contributed by atoms with van der Waals surface area (Å²) in [5, 5.41) is 1.54. The second kappa shape index (κ2) is 5.35. The summed E-state index contributed by atoms with van der Waals surface area (Å²) in [6.07, 6.45) is 3.41. The van der Waals surface area contributed by atoms with Crippen LogP contribution in [0.3, 0.4) is 0 Å². The van der Waals surface area contributed by atoms with Crippen LogP contribution in [-0.4, -0.2) is 9.97 Å². The van der Waals surface area contributed by atoms with Crippen molar-refractivity contribution in [2.24, 2.45) is 0 Å². The van der Waals surface area contributed by atoms with Gasteiger partial charge in [0.1, 0.15) is 23.7 Å². The lowest BCUT2D eigenvalue weighted by Gasteiger charge is -2.09. The minimum Gasteiger partial charge on any atom is -0.487 e. The van der Waals surface area contributed by atoms with E-state index in [1.807, 2.05) is 30.3 Å². The number of nitrogen functional groups attached to an aromatic ring is 1. The molecule has 0 saturated carbocycles. The molecule has 0 aliphatic carbocycles. The molecule has 3 rings (SSSR count). The highest BCUT2D eigenvalue weighted by Crippen LogP contribution is 2.29. The molecule has 0 aliphatic rings. The Hall–Kier alpha value is -2.33. The Bertz CT molecular complexity index is 744. The smallest absolute Gasteiger partial charge is 0.146 e. The fourth-order valence-electron chi connectivity index (χ4n) is 1.91. The first-order chi connectivity index (χ1) is 9.74. The minimum atomic E-state index is 0.403. The van der Waals surface area contributed by atoms with E-state index >= 15 is 0 Å². The van der Waals surface area contributed by atoms with Crippen LogP contribution in [0.4, 0.5) is 5.82 Å². The van der Waals surface area contributed by atoms with Gasteiger partial charge in [-0.3, -0.25) is 4.98 Å². The molecular formula is C15H12ClN3O. The zero-order valence-corrected chi connectivity index (χ0v) is 11.3. The molecule has 4 nitrogen and oxygen atoms in total. The van der Waals surface area contributed by atoms with Crippen molar-refractivity contribution >= 4 is 28.3 Å². The Morgan fingerprint density at radius 1 is 1.10 bits per heavy atom. The molecule has 2 heterocycles. The van der Waals surface area contributed by atoms with Gasteiger partial charge in [0, 0.05) is 23.3 Å². The van der Waals surface area contributed by atoms with Crippen molar-refractivity contribution in [2.45, 2.75) is 6.61 Å². The summed E-state index contributed by atoms with van der Waals surface area (Å²) in [7, 11) is 0. The van der Waals surface area contributed by atoms with E-state index in [0.29, 0.717) is 23.2 Å². The van der Waals surface area contributed by atoms with Crippen LogP contribution in [0.5, 0.6) is 5.75 Å². The van der Waals surface area contributed by atoms with Gasteiger partial charge in [-0.25, -0.2) is 4.98 Å². The molecule has 0 saturated heterocycles. The van der Waals surface area contributed by atoms with E-state index < -0.39 is 0 Å². The molecule has 0 fully saturated rings. The molecule has 5 heteroatoms. The SMILES string of the molecule is Nc1ccc(COc2ccc(Cl)c3cccnc23)cn1. The van der Waals surface area contributed by atoms with Gasteiger partial charge in [-0.1, -0.05) is 17.7 Å². The van der Waals surface area contributed by atoms with E-state index in [4.69, 9.17) is 22.1 Å². The maximum atomic E-state index is 6.14. The van der Waals surface area contributed by atoms with E-state index in [0.717, 1.165) is 16.5 Å². The molecule has 0 unspecified atom stereocenters. The fraction of sp³-hybridized carbons (Fsp3) is 0.0667. The Morgan fingerprint density at radius 2 is 2.00 bits per heavy atom. The predicted molar refractivity (Wildman–Crippen MR) is 79.7 cm³/mol. The third-order valence-electron chi connectivity index (χ3n) is 2.92. The van der Waals surface area contributed by atoms with Crippen LogP contribution in [0.25, 0.3) is 10.9 Å². The number of fused-ring (bicyclic) bond motifs is 1. The fourth-order valence-corrected chi connectivity index (χ4v) is 2.13. The van der Waals surface area contributed by atoms with Crippen molar-refractivity contribution in [3.63, 3.8) is 0 Å². The number of anilines is 1. The van der Waals surface area contributed by atoms with Crippen LogP contribution in [0, 0.1) is 0 Å². The number of halogens is 1. The van der Waals surface area contributed by atoms with E-state index in [1.165, 1.54) is 0 Å². The van der Waals surface area contributed by atoms with Gasteiger partial charge in [-0.15, -0.1) is 0 Å². The number of hydrogen-bond acceptors (Lipinski definition) is 4. The topological polar surface area (TPSA) is 61.0 Å². The van der Waals surface area contributed by atoms with E-state index in [9.17, 15) is 0 Å². The van der Waals surface area contributed by atoms with Crippen LogP contribution in [0.2, 0.25) is 5.02 Å². The molecule has 1 aromatic carbocycles. The average molecular weight is 286 g/mol. The van der Waals surface area contributed by atoms with Crippen molar-refractivity contribution in [3.8, 4) is 5.75 Å². The van der Waals surface area contributed by atoms with Crippen molar-refractivity contribution in [3.05, 3.63) is 59.4 Å². The monoisotopic (exact) mass is 285 g/mol. The van der Waals surface area contributed by atoms with Gasteiger partial charge in [0.2, 0.25) is 0 Å². The second-order valence-electron chi connectivity index (χ2n) is 4.33. The van der Waals surface area contributed by atoms with Crippen molar-refractivity contribution < 1.29 is 4.74 Å². The van der Waals surface area contributed by atoms with Gasteiger partial charge in [-0.2, -0.15) is 0 Å². The van der Waals surface area contributed by atoms with Crippen LogP contribution in [0.1, 0.15) is 5.56 Å². The van der Waals surface area contributed by atoms with Crippen molar-refractivity contribution in [1.82, 2.24) is 9.97 Å². The number of aromatic nitrogens is 2. The summed E-state index contributed by atoms with van der Waals surface area (Å²) < 4.78 is 5.80. The Balaban J connectivity index is 1.88. The van der Waals surface area contributed by atoms with Crippen molar-refractivity contribution in [2.75, 3.05) is 5.73 Å². The zero-order chi connectivity index (χ0) is 13.9. The molecule has 20 heavy (non-hydrogen) atoms. The number of nitrogens with zero attached hydrogens (tertiary/aromatic N) is 2. The standard InChI is InChI=1S/C15H12ClN3O/c16-12-4-5-13(15-11(12)2-1-7-18-15)20-9-10-3-6-14(17)19-8-10/h1-8H,9H2,(H2,17,19). The molecule has 0 spiro atoms. The normalized spacial score (nSPS) is 10.7. The lowest BCUT2D eigenvalue weighted by Crippen LogP contribution is -1.98. The molecular weight excluding hydrogens is 274 g/mol. The zero-order valence-electron chi connectivity index (χ0n) is 10.6. The minimum absolute atomic E-state index is 0.403. The first kappa shape index (κ1) is 12.7. The van der Waals surface area contributed by atoms with E-state index in [1.54, 1.807) is 18.5 Å². The van der Waals surface area contributed by atoms with Crippen LogP contribution < -0.4 is 10.5 Å². The van der Waals surface area contributed by atoms with Crippen LogP contribution in [0.15, 0.2) is 48.8 Å². The van der Waals surface area contributed by atoms with E-state index in [-0.39, 0.29) is 0 Å². The highest BCUT2D eigenvalue weighted by atomic mass is 35.5. The molecule has 2 N–H and O–H groups in total.